The van der Waals surface area contributed by atoms with E-state index < -0.39 is 0 Å². The van der Waals surface area contributed by atoms with Crippen LogP contribution >= 0.6 is 39.5 Å². The molecular formula is C13H16BrN3OS2. The number of hydrogen-bond acceptors (Lipinski definition) is 6. The molecule has 0 saturated carbocycles. The predicted molar refractivity (Wildman–Crippen MR) is 87.9 cm³/mol. The minimum Gasteiger partial charge on any atom is -0.338 e. The number of benzene rings is 1. The highest BCUT2D eigenvalue weighted by atomic mass is 79.9. The van der Waals surface area contributed by atoms with Crippen molar-refractivity contribution in [2.45, 2.75) is 23.1 Å². The second-order valence-corrected chi connectivity index (χ2v) is 7.13. The van der Waals surface area contributed by atoms with Crippen LogP contribution in [0.2, 0.25) is 0 Å². The van der Waals surface area contributed by atoms with E-state index in [1.807, 2.05) is 12.1 Å². The molecule has 1 atom stereocenters. The second kappa shape index (κ2) is 8.07. The maximum atomic E-state index is 6.00. The fourth-order valence-electron chi connectivity index (χ4n) is 1.52. The molecule has 0 fully saturated rings. The zero-order valence-electron chi connectivity index (χ0n) is 11.1. The molecule has 1 aromatic carbocycles. The lowest BCUT2D eigenvalue weighted by atomic mass is 10.2. The maximum absolute atomic E-state index is 6.00. The van der Waals surface area contributed by atoms with Crippen LogP contribution in [-0.2, 0) is 5.75 Å². The van der Waals surface area contributed by atoms with Gasteiger partial charge in [-0.15, -0.1) is 11.8 Å². The fourth-order valence-corrected chi connectivity index (χ4v) is 3.02. The smallest absolute Gasteiger partial charge is 0.243 e. The Labute approximate surface area is 135 Å². The number of aromatic nitrogens is 2. The van der Waals surface area contributed by atoms with Gasteiger partial charge in [0, 0.05) is 9.37 Å². The molecule has 0 radical (unpaired) electrons. The third kappa shape index (κ3) is 4.80. The average molecular weight is 374 g/mol. The van der Waals surface area contributed by atoms with Gasteiger partial charge in [0.2, 0.25) is 5.89 Å². The maximum Gasteiger partial charge on any atom is 0.243 e. The van der Waals surface area contributed by atoms with Crippen LogP contribution in [0.25, 0.3) is 0 Å². The first kappa shape index (κ1) is 15.9. The molecule has 108 valence electrons. The number of hydrogen-bond donors (Lipinski definition) is 1. The van der Waals surface area contributed by atoms with E-state index in [4.69, 9.17) is 10.3 Å². The summed E-state index contributed by atoms with van der Waals surface area (Å²) < 4.78 is 6.29. The van der Waals surface area contributed by atoms with Crippen LogP contribution in [0, 0.1) is 0 Å². The quantitative estimate of drug-likeness (QED) is 0.742. The van der Waals surface area contributed by atoms with E-state index in [2.05, 4.69) is 44.5 Å². The van der Waals surface area contributed by atoms with E-state index in [9.17, 15) is 0 Å². The summed E-state index contributed by atoms with van der Waals surface area (Å²) >= 11 is 6.85. The minimum atomic E-state index is -0.165. The Hall–Kier alpha value is -0.500. The van der Waals surface area contributed by atoms with Gasteiger partial charge in [-0.05, 0) is 42.7 Å². The minimum absolute atomic E-state index is 0.165. The summed E-state index contributed by atoms with van der Waals surface area (Å²) in [6.07, 6.45) is 2.91. The number of thioether (sulfide) groups is 2. The molecule has 0 saturated heterocycles. The van der Waals surface area contributed by atoms with Gasteiger partial charge in [-0.25, -0.2) is 0 Å². The lowest BCUT2D eigenvalue weighted by Gasteiger charge is -2.03. The number of halogens is 1. The monoisotopic (exact) mass is 373 g/mol. The Morgan fingerprint density at radius 2 is 2.10 bits per heavy atom. The Morgan fingerprint density at radius 3 is 2.80 bits per heavy atom. The number of nitrogens with two attached hydrogens (primary N) is 1. The summed E-state index contributed by atoms with van der Waals surface area (Å²) in [6.45, 7) is 0. The average Bonchev–Trinajstić information content (AvgIpc) is 2.93. The van der Waals surface area contributed by atoms with Crippen LogP contribution in [0.15, 0.2) is 38.2 Å². The second-order valence-electron chi connectivity index (χ2n) is 4.18. The highest BCUT2D eigenvalue weighted by Crippen LogP contribution is 2.24. The van der Waals surface area contributed by atoms with Crippen LogP contribution in [0.1, 0.15) is 24.2 Å². The van der Waals surface area contributed by atoms with Crippen molar-refractivity contribution in [3.05, 3.63) is 40.5 Å². The Kier molecular flexibility index (Phi) is 6.41. The van der Waals surface area contributed by atoms with Gasteiger partial charge in [-0.2, -0.15) is 16.7 Å². The van der Waals surface area contributed by atoms with E-state index >= 15 is 0 Å². The third-order valence-electron chi connectivity index (χ3n) is 2.62. The van der Waals surface area contributed by atoms with Crippen LogP contribution < -0.4 is 5.73 Å². The molecule has 7 heteroatoms. The van der Waals surface area contributed by atoms with Gasteiger partial charge in [0.05, 0.1) is 11.8 Å². The van der Waals surface area contributed by atoms with E-state index in [-0.39, 0.29) is 6.04 Å². The Morgan fingerprint density at radius 1 is 1.35 bits per heavy atom. The van der Waals surface area contributed by atoms with Crippen molar-refractivity contribution >= 4 is 39.5 Å². The normalized spacial score (nSPS) is 12.6. The largest absolute Gasteiger partial charge is 0.338 e. The molecule has 1 aromatic heterocycles. The van der Waals surface area contributed by atoms with Crippen LogP contribution in [0.3, 0.4) is 0 Å². The van der Waals surface area contributed by atoms with Gasteiger partial charge in [0.1, 0.15) is 0 Å². The van der Waals surface area contributed by atoms with E-state index in [0.717, 1.165) is 16.6 Å². The summed E-state index contributed by atoms with van der Waals surface area (Å²) in [6, 6.07) is 7.98. The number of rotatable bonds is 7. The van der Waals surface area contributed by atoms with E-state index in [1.165, 1.54) is 4.90 Å². The van der Waals surface area contributed by atoms with Crippen molar-refractivity contribution in [2.75, 3.05) is 12.0 Å². The van der Waals surface area contributed by atoms with Crippen LogP contribution in [0.4, 0.5) is 0 Å². The molecule has 0 spiro atoms. The van der Waals surface area contributed by atoms with Crippen LogP contribution in [-0.4, -0.2) is 22.1 Å². The molecule has 0 amide bonds. The Bertz CT molecular complexity index is 533. The molecule has 0 aliphatic carbocycles. The van der Waals surface area contributed by atoms with Crippen molar-refractivity contribution in [2.24, 2.45) is 5.73 Å². The van der Waals surface area contributed by atoms with Gasteiger partial charge in [0.25, 0.3) is 0 Å². The zero-order valence-corrected chi connectivity index (χ0v) is 14.3. The lowest BCUT2D eigenvalue weighted by Crippen LogP contribution is -2.11. The molecule has 1 heterocycles. The van der Waals surface area contributed by atoms with Gasteiger partial charge < -0.3 is 10.3 Å². The molecule has 1 unspecified atom stereocenters. The molecule has 2 N–H and O–H groups in total. The van der Waals surface area contributed by atoms with Crippen LogP contribution in [0.5, 0.6) is 0 Å². The van der Waals surface area contributed by atoms with Crippen molar-refractivity contribution in [1.82, 2.24) is 10.1 Å². The van der Waals surface area contributed by atoms with Crippen molar-refractivity contribution in [1.29, 1.82) is 0 Å². The highest BCUT2D eigenvalue weighted by Gasteiger charge is 2.14. The van der Waals surface area contributed by atoms with Gasteiger partial charge in [-0.1, -0.05) is 21.1 Å². The van der Waals surface area contributed by atoms with E-state index in [0.29, 0.717) is 17.5 Å². The molecule has 0 bridgehead atoms. The van der Waals surface area contributed by atoms with Crippen molar-refractivity contribution in [3.8, 4) is 0 Å². The summed E-state index contributed by atoms with van der Waals surface area (Å²) in [5, 5.41) is 3.97. The topological polar surface area (TPSA) is 64.9 Å². The molecule has 20 heavy (non-hydrogen) atoms. The number of nitrogens with zero attached hydrogens (tertiary/aromatic N) is 2. The van der Waals surface area contributed by atoms with Crippen molar-refractivity contribution in [3.63, 3.8) is 0 Å². The first-order valence-corrected chi connectivity index (χ1v) is 9.31. The molecule has 2 aromatic rings. The lowest BCUT2D eigenvalue weighted by molar-refractivity contribution is 0.350. The third-order valence-corrected chi connectivity index (χ3v) is 4.80. The fraction of sp³-hybridized carbons (Fsp3) is 0.385. The van der Waals surface area contributed by atoms with E-state index in [1.54, 1.807) is 23.5 Å². The summed E-state index contributed by atoms with van der Waals surface area (Å²) in [5.74, 6) is 2.89. The molecule has 0 aliphatic heterocycles. The molecule has 2 rings (SSSR count). The summed E-state index contributed by atoms with van der Waals surface area (Å²) in [5.41, 5.74) is 6.00. The van der Waals surface area contributed by atoms with Gasteiger partial charge in [0.15, 0.2) is 5.82 Å². The summed E-state index contributed by atoms with van der Waals surface area (Å²) in [7, 11) is 0. The van der Waals surface area contributed by atoms with Crippen molar-refractivity contribution < 1.29 is 4.52 Å². The predicted octanol–water partition coefficient (Wildman–Crippen LogP) is 3.88. The van der Waals surface area contributed by atoms with Gasteiger partial charge >= 0.3 is 0 Å². The molecule has 4 nitrogen and oxygen atoms in total. The highest BCUT2D eigenvalue weighted by molar-refractivity contribution is 9.10. The zero-order chi connectivity index (χ0) is 14.4. The SMILES string of the molecule is CSCCC(N)c1nc(CSc2ccc(Br)cc2)no1. The molecular weight excluding hydrogens is 358 g/mol. The van der Waals surface area contributed by atoms with Gasteiger partial charge in [-0.3, -0.25) is 0 Å². The summed E-state index contributed by atoms with van der Waals surface area (Å²) in [4.78, 5) is 5.53. The first-order valence-electron chi connectivity index (χ1n) is 6.14. The standard InChI is InChI=1S/C13H16BrN3OS2/c1-19-7-6-11(15)13-16-12(17-18-13)8-20-10-4-2-9(14)3-5-10/h2-5,11H,6-8,15H2,1H3. The molecule has 0 aliphatic rings. The first-order chi connectivity index (χ1) is 9.69. The Balaban J connectivity index is 1.87.